The van der Waals surface area contributed by atoms with Crippen LogP contribution in [0.3, 0.4) is 0 Å². The second-order valence-corrected chi connectivity index (χ2v) is 6.03. The van der Waals surface area contributed by atoms with E-state index in [9.17, 15) is 4.79 Å². The fourth-order valence-electron chi connectivity index (χ4n) is 2.39. The summed E-state index contributed by atoms with van der Waals surface area (Å²) >= 11 is 0. The maximum Gasteiger partial charge on any atom is 0.331 e. The van der Waals surface area contributed by atoms with E-state index < -0.39 is 5.97 Å². The van der Waals surface area contributed by atoms with Gasteiger partial charge < -0.3 is 23.0 Å². The van der Waals surface area contributed by atoms with Gasteiger partial charge in [-0.1, -0.05) is 19.4 Å². The van der Waals surface area contributed by atoms with Gasteiger partial charge in [-0.3, -0.25) is 0 Å². The van der Waals surface area contributed by atoms with E-state index in [1.165, 1.54) is 12.3 Å². The number of hydrogen-bond acceptors (Lipinski definition) is 8. The first-order valence-electron chi connectivity index (χ1n) is 9.21. The molecule has 0 atom stereocenters. The third-order valence-electron chi connectivity index (χ3n) is 3.89. The number of ether oxygens (including phenoxy) is 3. The van der Waals surface area contributed by atoms with Crippen LogP contribution in [-0.4, -0.2) is 29.9 Å². The molecule has 0 aliphatic heterocycles. The lowest BCUT2D eigenvalue weighted by atomic mass is 10.2. The Morgan fingerprint density at radius 2 is 2.10 bits per heavy atom. The molecule has 0 N–H and O–H groups in total. The number of furan rings is 1. The van der Waals surface area contributed by atoms with Gasteiger partial charge in [-0.15, -0.1) is 10.2 Å². The summed E-state index contributed by atoms with van der Waals surface area (Å²) in [6.45, 7) is 2.60. The normalized spacial score (nSPS) is 11.0. The average molecular weight is 398 g/mol. The van der Waals surface area contributed by atoms with Gasteiger partial charge in [0.05, 0.1) is 20.0 Å². The number of unbranched alkanes of at least 4 members (excludes halogenated alkanes) is 1. The summed E-state index contributed by atoms with van der Waals surface area (Å²) < 4.78 is 26.7. The Balaban J connectivity index is 1.53. The fourth-order valence-corrected chi connectivity index (χ4v) is 2.39. The van der Waals surface area contributed by atoms with Gasteiger partial charge in [0, 0.05) is 6.08 Å². The summed E-state index contributed by atoms with van der Waals surface area (Å²) in [5.41, 5.74) is 0.777. The molecule has 0 saturated carbocycles. The number of hydrogen-bond donors (Lipinski definition) is 0. The Morgan fingerprint density at radius 1 is 1.21 bits per heavy atom. The highest BCUT2D eigenvalue weighted by molar-refractivity contribution is 5.87. The number of nitrogens with zero attached hydrogens (tertiary/aromatic N) is 2. The maximum absolute atomic E-state index is 11.9. The van der Waals surface area contributed by atoms with Gasteiger partial charge in [-0.05, 0) is 42.3 Å². The van der Waals surface area contributed by atoms with E-state index in [1.54, 1.807) is 31.4 Å². The van der Waals surface area contributed by atoms with Gasteiger partial charge in [-0.25, -0.2) is 4.79 Å². The van der Waals surface area contributed by atoms with Gasteiger partial charge in [0.25, 0.3) is 11.8 Å². The molecule has 2 heterocycles. The molecule has 152 valence electrons. The summed E-state index contributed by atoms with van der Waals surface area (Å²) in [4.78, 5) is 11.9. The fraction of sp³-hybridized carbons (Fsp3) is 0.286. The van der Waals surface area contributed by atoms with Crippen LogP contribution >= 0.6 is 0 Å². The number of rotatable bonds is 10. The van der Waals surface area contributed by atoms with E-state index in [4.69, 9.17) is 23.0 Å². The van der Waals surface area contributed by atoms with Crippen LogP contribution in [0.15, 0.2) is 51.5 Å². The molecule has 0 aliphatic rings. The third kappa shape index (κ3) is 5.71. The predicted octanol–water partition coefficient (Wildman–Crippen LogP) is 4.27. The highest BCUT2D eigenvalue weighted by Crippen LogP contribution is 2.28. The van der Waals surface area contributed by atoms with Crippen LogP contribution in [-0.2, 0) is 16.1 Å². The minimum absolute atomic E-state index is 0.135. The second kappa shape index (κ2) is 10.1. The number of methoxy groups -OCH3 is 1. The van der Waals surface area contributed by atoms with Crippen molar-refractivity contribution in [3.05, 3.63) is 54.1 Å². The highest BCUT2D eigenvalue weighted by Gasteiger charge is 2.12. The van der Waals surface area contributed by atoms with Crippen LogP contribution < -0.4 is 9.47 Å². The van der Waals surface area contributed by atoms with E-state index in [0.29, 0.717) is 23.9 Å². The molecule has 2 aromatic heterocycles. The summed E-state index contributed by atoms with van der Waals surface area (Å²) in [6, 6.07) is 8.84. The number of carbonyl (C=O) groups is 1. The van der Waals surface area contributed by atoms with Crippen LogP contribution in [0, 0.1) is 0 Å². The van der Waals surface area contributed by atoms with E-state index in [-0.39, 0.29) is 18.4 Å². The number of carbonyl (C=O) groups excluding carboxylic acids is 1. The quantitative estimate of drug-likeness (QED) is 0.284. The standard InChI is InChI=1S/C21H22N2O6/c1-3-4-11-26-16-9-7-15(13-18(16)25-2)8-10-20(24)28-14-19-22-23-21(29-19)17-6-5-12-27-17/h5-10,12-13H,3-4,11,14H2,1-2H3/b10-8+. The SMILES string of the molecule is CCCCOc1ccc(/C=C/C(=O)OCc2nnc(-c3ccco3)o2)cc1OC. The second-order valence-electron chi connectivity index (χ2n) is 6.03. The van der Waals surface area contributed by atoms with E-state index >= 15 is 0 Å². The van der Waals surface area contributed by atoms with Gasteiger partial charge in [0.15, 0.2) is 23.9 Å². The minimum atomic E-state index is -0.537. The molecule has 3 rings (SSSR count). The lowest BCUT2D eigenvalue weighted by Gasteiger charge is -2.10. The third-order valence-corrected chi connectivity index (χ3v) is 3.89. The van der Waals surface area contributed by atoms with Crippen molar-refractivity contribution in [2.45, 2.75) is 26.4 Å². The molecule has 0 radical (unpaired) electrons. The molecule has 0 spiro atoms. The minimum Gasteiger partial charge on any atom is -0.493 e. The van der Waals surface area contributed by atoms with Crippen LogP contribution in [0.5, 0.6) is 11.5 Å². The van der Waals surface area contributed by atoms with Gasteiger partial charge in [0.2, 0.25) is 0 Å². The molecule has 1 aromatic carbocycles. The van der Waals surface area contributed by atoms with Gasteiger partial charge in [0.1, 0.15) is 0 Å². The average Bonchev–Trinajstić information content (AvgIpc) is 3.43. The van der Waals surface area contributed by atoms with Crippen molar-refractivity contribution in [2.75, 3.05) is 13.7 Å². The van der Waals surface area contributed by atoms with Gasteiger partial charge >= 0.3 is 5.97 Å². The smallest absolute Gasteiger partial charge is 0.331 e. The van der Waals surface area contributed by atoms with Crippen LogP contribution in [0.2, 0.25) is 0 Å². The van der Waals surface area contributed by atoms with Crippen LogP contribution in [0.4, 0.5) is 0 Å². The first-order chi connectivity index (χ1) is 14.2. The van der Waals surface area contributed by atoms with Crippen molar-refractivity contribution >= 4 is 12.0 Å². The molecule has 0 bridgehead atoms. The van der Waals surface area contributed by atoms with E-state index in [1.807, 2.05) is 12.1 Å². The number of benzene rings is 1. The first-order valence-corrected chi connectivity index (χ1v) is 9.21. The summed E-state index contributed by atoms with van der Waals surface area (Å²) in [6.07, 6.45) is 6.47. The first kappa shape index (κ1) is 20.2. The largest absolute Gasteiger partial charge is 0.493 e. The Labute approximate surface area is 168 Å². The lowest BCUT2D eigenvalue weighted by Crippen LogP contribution is -2.01. The van der Waals surface area contributed by atoms with Crippen molar-refractivity contribution in [3.8, 4) is 23.1 Å². The molecule has 29 heavy (non-hydrogen) atoms. The molecule has 0 amide bonds. The van der Waals surface area contributed by atoms with Crippen LogP contribution in [0.25, 0.3) is 17.7 Å². The summed E-state index contributed by atoms with van der Waals surface area (Å²) in [5.74, 6) is 1.59. The predicted molar refractivity (Wildman–Crippen MR) is 104 cm³/mol. The van der Waals surface area contributed by atoms with Crippen molar-refractivity contribution in [1.29, 1.82) is 0 Å². The zero-order valence-corrected chi connectivity index (χ0v) is 16.3. The molecule has 0 aliphatic carbocycles. The molecular formula is C21H22N2O6. The molecule has 0 unspecified atom stereocenters. The lowest BCUT2D eigenvalue weighted by molar-refractivity contribution is -0.139. The Kier molecular flexibility index (Phi) is 7.05. The Bertz CT molecular complexity index is 946. The maximum atomic E-state index is 11.9. The zero-order valence-electron chi connectivity index (χ0n) is 16.3. The topological polar surface area (TPSA) is 96.8 Å². The van der Waals surface area contributed by atoms with E-state index in [0.717, 1.165) is 18.4 Å². The molecule has 0 saturated heterocycles. The van der Waals surface area contributed by atoms with E-state index in [2.05, 4.69) is 17.1 Å². The summed E-state index contributed by atoms with van der Waals surface area (Å²) in [7, 11) is 1.57. The van der Waals surface area contributed by atoms with Crippen molar-refractivity contribution in [2.24, 2.45) is 0 Å². The molecule has 8 nitrogen and oxygen atoms in total. The number of esters is 1. The summed E-state index contributed by atoms with van der Waals surface area (Å²) in [5, 5.41) is 7.66. The Morgan fingerprint density at radius 3 is 2.86 bits per heavy atom. The van der Waals surface area contributed by atoms with Crippen molar-refractivity contribution < 1.29 is 27.8 Å². The molecule has 0 fully saturated rings. The number of aromatic nitrogens is 2. The molecule has 3 aromatic rings. The molecular weight excluding hydrogens is 376 g/mol. The van der Waals surface area contributed by atoms with Crippen molar-refractivity contribution in [3.63, 3.8) is 0 Å². The monoisotopic (exact) mass is 398 g/mol. The van der Waals surface area contributed by atoms with Crippen molar-refractivity contribution in [1.82, 2.24) is 10.2 Å². The molecule has 8 heteroatoms. The van der Waals surface area contributed by atoms with Crippen LogP contribution in [0.1, 0.15) is 31.2 Å². The zero-order chi connectivity index (χ0) is 20.5. The van der Waals surface area contributed by atoms with Gasteiger partial charge in [-0.2, -0.15) is 0 Å². The Hall–Kier alpha value is -3.55. The highest BCUT2D eigenvalue weighted by atomic mass is 16.5.